The van der Waals surface area contributed by atoms with Gasteiger partial charge in [0.15, 0.2) is 0 Å². The van der Waals surface area contributed by atoms with Gasteiger partial charge in [-0.2, -0.15) is 0 Å². The van der Waals surface area contributed by atoms with Gasteiger partial charge in [0.1, 0.15) is 0 Å². The van der Waals surface area contributed by atoms with Crippen molar-refractivity contribution in [2.24, 2.45) is 41.4 Å². The zero-order chi connectivity index (χ0) is 14.6. The molecule has 8 atom stereocenters. The number of piperidine rings is 2. The SMILES string of the molecule is CC(C)C1CC2CN(C1)CC2CC(C)C1CN2CCC1C2. The van der Waals surface area contributed by atoms with Crippen LogP contribution in [0.1, 0.15) is 40.0 Å². The predicted molar refractivity (Wildman–Crippen MR) is 88.2 cm³/mol. The lowest BCUT2D eigenvalue weighted by Gasteiger charge is -2.34. The molecule has 0 spiro atoms. The highest BCUT2D eigenvalue weighted by Crippen LogP contribution is 2.44. The molecule has 120 valence electrons. The van der Waals surface area contributed by atoms with Crippen molar-refractivity contribution in [2.75, 3.05) is 39.3 Å². The third-order valence-electron chi connectivity index (χ3n) is 7.48. The Morgan fingerprint density at radius 1 is 0.905 bits per heavy atom. The van der Waals surface area contributed by atoms with Gasteiger partial charge in [-0.1, -0.05) is 20.8 Å². The summed E-state index contributed by atoms with van der Waals surface area (Å²) in [4.78, 5) is 5.51. The first-order valence-electron chi connectivity index (χ1n) is 9.55. The van der Waals surface area contributed by atoms with Gasteiger partial charge in [0.2, 0.25) is 0 Å². The first-order chi connectivity index (χ1) is 10.1. The van der Waals surface area contributed by atoms with E-state index in [9.17, 15) is 0 Å². The molecule has 4 heterocycles. The fraction of sp³-hybridized carbons (Fsp3) is 1.00. The van der Waals surface area contributed by atoms with Gasteiger partial charge in [0.05, 0.1) is 0 Å². The summed E-state index contributed by atoms with van der Waals surface area (Å²) in [5, 5.41) is 0. The zero-order valence-electron chi connectivity index (χ0n) is 14.3. The number of hydrogen-bond acceptors (Lipinski definition) is 2. The van der Waals surface area contributed by atoms with Crippen LogP contribution >= 0.6 is 0 Å². The van der Waals surface area contributed by atoms with Gasteiger partial charge >= 0.3 is 0 Å². The molecule has 0 aromatic carbocycles. The van der Waals surface area contributed by atoms with Crippen LogP contribution in [0.3, 0.4) is 0 Å². The van der Waals surface area contributed by atoms with Crippen molar-refractivity contribution in [3.63, 3.8) is 0 Å². The van der Waals surface area contributed by atoms with Gasteiger partial charge < -0.3 is 9.80 Å². The van der Waals surface area contributed by atoms with Crippen LogP contribution in [-0.2, 0) is 0 Å². The van der Waals surface area contributed by atoms with Gasteiger partial charge in [-0.25, -0.2) is 0 Å². The molecule has 0 aliphatic carbocycles. The topological polar surface area (TPSA) is 6.48 Å². The molecule has 21 heavy (non-hydrogen) atoms. The molecule has 0 saturated carbocycles. The molecule has 0 N–H and O–H groups in total. The summed E-state index contributed by atoms with van der Waals surface area (Å²) in [6, 6.07) is 0. The van der Waals surface area contributed by atoms with Gasteiger partial charge in [-0.15, -0.1) is 0 Å². The monoisotopic (exact) mass is 290 g/mol. The molecule has 0 aromatic rings. The average Bonchev–Trinajstić information content (AvgIpc) is 3.14. The Morgan fingerprint density at radius 2 is 1.71 bits per heavy atom. The third-order valence-corrected chi connectivity index (χ3v) is 7.48. The molecule has 0 radical (unpaired) electrons. The van der Waals surface area contributed by atoms with Gasteiger partial charge in [-0.05, 0) is 67.2 Å². The maximum absolute atomic E-state index is 2.79. The Kier molecular flexibility index (Phi) is 3.82. The Labute approximate surface area is 131 Å². The van der Waals surface area contributed by atoms with Crippen molar-refractivity contribution >= 4 is 0 Å². The summed E-state index contributed by atoms with van der Waals surface area (Å²) in [7, 11) is 0. The van der Waals surface area contributed by atoms with Gasteiger partial charge in [-0.3, -0.25) is 0 Å². The molecule has 2 heteroatoms. The lowest BCUT2D eigenvalue weighted by molar-refractivity contribution is 0.157. The second kappa shape index (κ2) is 5.53. The van der Waals surface area contributed by atoms with E-state index in [4.69, 9.17) is 0 Å². The van der Waals surface area contributed by atoms with E-state index in [2.05, 4.69) is 30.6 Å². The lowest BCUT2D eigenvalue weighted by Crippen LogP contribution is -2.35. The molecule has 0 aromatic heterocycles. The quantitative estimate of drug-likeness (QED) is 0.784. The van der Waals surface area contributed by atoms with Crippen molar-refractivity contribution in [3.8, 4) is 0 Å². The minimum atomic E-state index is 0.879. The second-order valence-electron chi connectivity index (χ2n) is 9.16. The van der Waals surface area contributed by atoms with Crippen LogP contribution in [0.4, 0.5) is 0 Å². The molecule has 2 nitrogen and oxygen atoms in total. The van der Waals surface area contributed by atoms with Crippen LogP contribution in [0, 0.1) is 41.4 Å². The molecule has 4 rings (SSSR count). The van der Waals surface area contributed by atoms with E-state index in [0.717, 1.165) is 41.4 Å². The minimum absolute atomic E-state index is 0.879. The van der Waals surface area contributed by atoms with Gasteiger partial charge in [0.25, 0.3) is 0 Å². The van der Waals surface area contributed by atoms with E-state index in [1.807, 2.05) is 0 Å². The van der Waals surface area contributed by atoms with Crippen molar-refractivity contribution in [1.82, 2.24) is 9.80 Å². The maximum atomic E-state index is 2.79. The standard InChI is InChI=1S/C19H34N2/c1-13(2)16-7-18-11-21(9-16)10-17(18)6-14(3)19-12-20-5-4-15(19)8-20/h13-19H,4-12H2,1-3H3. The average molecular weight is 290 g/mol. The molecule has 4 bridgehead atoms. The molecular formula is C19H34N2. The fourth-order valence-electron chi connectivity index (χ4n) is 6.12. The predicted octanol–water partition coefficient (Wildman–Crippen LogP) is 3.19. The Bertz CT molecular complexity index is 380. The van der Waals surface area contributed by atoms with E-state index in [0.29, 0.717) is 0 Å². The summed E-state index contributed by atoms with van der Waals surface area (Å²) in [6.07, 6.45) is 4.53. The molecule has 4 saturated heterocycles. The smallest absolute Gasteiger partial charge is 0.00155 e. The van der Waals surface area contributed by atoms with Crippen LogP contribution in [0.15, 0.2) is 0 Å². The molecule has 8 unspecified atom stereocenters. The number of rotatable bonds is 4. The first-order valence-corrected chi connectivity index (χ1v) is 9.55. The van der Waals surface area contributed by atoms with E-state index in [1.54, 1.807) is 0 Å². The third kappa shape index (κ3) is 2.67. The van der Waals surface area contributed by atoms with E-state index in [1.165, 1.54) is 58.5 Å². The molecule has 4 fully saturated rings. The normalized spacial score (nSPS) is 50.0. The Balaban J connectivity index is 1.35. The van der Waals surface area contributed by atoms with Crippen molar-refractivity contribution < 1.29 is 0 Å². The Hall–Kier alpha value is -0.0800. The highest BCUT2D eigenvalue weighted by atomic mass is 15.2. The maximum Gasteiger partial charge on any atom is 0.00155 e. The van der Waals surface area contributed by atoms with Crippen molar-refractivity contribution in [1.29, 1.82) is 0 Å². The summed E-state index contributed by atoms with van der Waals surface area (Å²) in [6.45, 7) is 15.9. The summed E-state index contributed by atoms with van der Waals surface area (Å²) >= 11 is 0. The first kappa shape index (κ1) is 14.5. The zero-order valence-corrected chi connectivity index (χ0v) is 14.3. The molecule has 4 aliphatic heterocycles. The number of hydrogen-bond donors (Lipinski definition) is 0. The van der Waals surface area contributed by atoms with E-state index in [-0.39, 0.29) is 0 Å². The summed E-state index contributed by atoms with van der Waals surface area (Å²) in [5.74, 6) is 6.91. The van der Waals surface area contributed by atoms with Crippen LogP contribution < -0.4 is 0 Å². The van der Waals surface area contributed by atoms with Crippen molar-refractivity contribution in [2.45, 2.75) is 40.0 Å². The van der Waals surface area contributed by atoms with E-state index < -0.39 is 0 Å². The van der Waals surface area contributed by atoms with Gasteiger partial charge in [0, 0.05) is 32.7 Å². The van der Waals surface area contributed by atoms with Crippen molar-refractivity contribution in [3.05, 3.63) is 0 Å². The fourth-order valence-corrected chi connectivity index (χ4v) is 6.12. The number of fused-ring (bicyclic) bond motifs is 4. The van der Waals surface area contributed by atoms with E-state index >= 15 is 0 Å². The minimum Gasteiger partial charge on any atom is -0.303 e. The highest BCUT2D eigenvalue weighted by Gasteiger charge is 2.44. The second-order valence-corrected chi connectivity index (χ2v) is 9.16. The van der Waals surface area contributed by atoms with Crippen LogP contribution in [0.5, 0.6) is 0 Å². The van der Waals surface area contributed by atoms with Crippen LogP contribution in [0.25, 0.3) is 0 Å². The lowest BCUT2D eigenvalue weighted by atomic mass is 9.74. The largest absolute Gasteiger partial charge is 0.303 e. The van der Waals surface area contributed by atoms with Crippen LogP contribution in [-0.4, -0.2) is 49.1 Å². The molecule has 0 amide bonds. The molecular weight excluding hydrogens is 256 g/mol. The summed E-state index contributed by atoms with van der Waals surface area (Å²) < 4.78 is 0. The molecule has 4 aliphatic rings. The highest BCUT2D eigenvalue weighted by molar-refractivity contribution is 4.96. The van der Waals surface area contributed by atoms with Crippen LogP contribution in [0.2, 0.25) is 0 Å². The summed E-state index contributed by atoms with van der Waals surface area (Å²) in [5.41, 5.74) is 0. The Morgan fingerprint density at radius 3 is 2.38 bits per heavy atom. The number of nitrogens with zero attached hydrogens (tertiary/aromatic N) is 2.